The molecule has 3 aliphatic heterocycles. The third-order valence-electron chi connectivity index (χ3n) is 13.8. The molecule has 1 amide bonds. The van der Waals surface area contributed by atoms with Crippen molar-refractivity contribution in [2.75, 3.05) is 44.0 Å². The zero-order chi connectivity index (χ0) is 43.4. The topological polar surface area (TPSA) is 166 Å². The second-order valence-electron chi connectivity index (χ2n) is 17.7. The molecule has 62 heavy (non-hydrogen) atoms. The number of anilines is 1. The van der Waals surface area contributed by atoms with Gasteiger partial charge in [0, 0.05) is 61.5 Å². The average Bonchev–Trinajstić information content (AvgIpc) is 3.50. The number of hydrogen-bond acceptors (Lipinski definition) is 10. The second-order valence-corrected chi connectivity index (χ2v) is 19.7. The first kappa shape index (κ1) is 40.2. The van der Waals surface area contributed by atoms with Gasteiger partial charge < -0.3 is 19.1 Å². The Bertz CT molecular complexity index is 3030. The van der Waals surface area contributed by atoms with Crippen molar-refractivity contribution in [2.45, 2.75) is 81.7 Å². The number of sulfone groups is 1. The monoisotopic (exact) mass is 861 g/mol. The van der Waals surface area contributed by atoms with Crippen molar-refractivity contribution < 1.29 is 26.9 Å². The predicted octanol–water partition coefficient (Wildman–Crippen LogP) is 6.06. The molecule has 6 aromatic rings. The highest BCUT2D eigenvalue weighted by atomic mass is 32.2. The fourth-order valence-corrected chi connectivity index (χ4v) is 10.8. The highest BCUT2D eigenvalue weighted by Crippen LogP contribution is 2.56. The van der Waals surface area contributed by atoms with Crippen LogP contribution in [0.15, 0.2) is 79.7 Å². The number of amides is 1. The molecule has 2 saturated heterocycles. The van der Waals surface area contributed by atoms with Crippen LogP contribution in [0.5, 0.6) is 0 Å². The summed E-state index contributed by atoms with van der Waals surface area (Å²) in [5, 5.41) is 5.05. The molecule has 4 aliphatic rings. The number of nitrogens with one attached hydrogen (secondary N) is 1. The van der Waals surface area contributed by atoms with Crippen molar-refractivity contribution in [3.8, 4) is 5.69 Å². The van der Waals surface area contributed by atoms with Crippen LogP contribution in [0.25, 0.3) is 16.6 Å². The Hall–Kier alpha value is -5.87. The summed E-state index contributed by atoms with van der Waals surface area (Å²) in [5.41, 5.74) is 4.46. The molecule has 3 aromatic heterocycles. The Morgan fingerprint density at radius 3 is 2.32 bits per heavy atom. The Balaban J connectivity index is 1.06. The van der Waals surface area contributed by atoms with Crippen LogP contribution < -0.4 is 16.2 Å². The van der Waals surface area contributed by atoms with Crippen molar-refractivity contribution in [2.24, 2.45) is 5.92 Å². The highest BCUT2D eigenvalue weighted by Gasteiger charge is 2.59. The Morgan fingerprint density at radius 2 is 1.66 bits per heavy atom. The van der Waals surface area contributed by atoms with E-state index in [-0.39, 0.29) is 47.0 Å². The quantitative estimate of drug-likeness (QED) is 0.190. The maximum Gasteiger partial charge on any atom is 0.438 e. The fraction of sp³-hybridized carbons (Fsp3) is 0.413. The van der Waals surface area contributed by atoms with Crippen LogP contribution in [0.2, 0.25) is 0 Å². The van der Waals surface area contributed by atoms with E-state index in [2.05, 4.69) is 35.3 Å². The van der Waals surface area contributed by atoms with Gasteiger partial charge in [-0.15, -0.1) is 0 Å². The maximum atomic E-state index is 15.3. The predicted molar refractivity (Wildman–Crippen MR) is 230 cm³/mol. The minimum Gasteiger partial charge on any atom is -0.381 e. The van der Waals surface area contributed by atoms with E-state index in [1.54, 1.807) is 53.6 Å². The summed E-state index contributed by atoms with van der Waals surface area (Å²) >= 11 is 0. The largest absolute Gasteiger partial charge is 0.438 e. The van der Waals surface area contributed by atoms with E-state index in [0.29, 0.717) is 84.2 Å². The average molecular weight is 862 g/mol. The number of ether oxygens (including phenoxy) is 1. The summed E-state index contributed by atoms with van der Waals surface area (Å²) in [4.78, 5) is 54.4. The number of nitrogens with zero attached hydrogens (tertiary/aromatic N) is 6. The number of fused-ring (bicyclic) bond motifs is 2. The lowest BCUT2D eigenvalue weighted by molar-refractivity contribution is 0.0658. The van der Waals surface area contributed by atoms with E-state index in [9.17, 15) is 22.4 Å². The van der Waals surface area contributed by atoms with Crippen LogP contribution in [0, 0.1) is 25.6 Å². The molecule has 322 valence electrons. The zero-order valence-electron chi connectivity index (χ0n) is 35.3. The smallest absolute Gasteiger partial charge is 0.381 e. The summed E-state index contributed by atoms with van der Waals surface area (Å²) in [6.07, 6.45) is 3.88. The minimum absolute atomic E-state index is 0.0238. The van der Waals surface area contributed by atoms with Gasteiger partial charge in [0.2, 0.25) is 5.95 Å². The number of aromatic nitrogens is 5. The minimum atomic E-state index is -3.42. The Kier molecular flexibility index (Phi) is 9.48. The molecule has 14 nitrogen and oxygen atoms in total. The first-order valence-electron chi connectivity index (χ1n) is 21.2. The van der Waals surface area contributed by atoms with Gasteiger partial charge in [-0.05, 0) is 123 Å². The van der Waals surface area contributed by atoms with Crippen molar-refractivity contribution >= 4 is 32.6 Å². The fourth-order valence-electron chi connectivity index (χ4n) is 10.2. The summed E-state index contributed by atoms with van der Waals surface area (Å²) in [6.45, 7) is 9.83. The van der Waals surface area contributed by atoms with Crippen LogP contribution in [0.4, 0.5) is 10.3 Å². The third kappa shape index (κ3) is 6.43. The van der Waals surface area contributed by atoms with Gasteiger partial charge in [0.25, 0.3) is 11.5 Å². The molecule has 1 saturated carbocycles. The number of hydrogen-bond donors (Lipinski definition) is 1. The summed E-state index contributed by atoms with van der Waals surface area (Å²) in [6, 6.07) is 17.9. The molecule has 0 bridgehead atoms. The van der Waals surface area contributed by atoms with Crippen molar-refractivity contribution in [1.29, 1.82) is 0 Å². The van der Waals surface area contributed by atoms with Crippen LogP contribution in [0.3, 0.4) is 0 Å². The van der Waals surface area contributed by atoms with E-state index in [4.69, 9.17) is 14.2 Å². The van der Waals surface area contributed by atoms with Crippen LogP contribution in [0.1, 0.15) is 101 Å². The molecule has 3 aromatic carbocycles. The van der Waals surface area contributed by atoms with E-state index in [1.165, 1.54) is 11.8 Å². The summed E-state index contributed by atoms with van der Waals surface area (Å²) in [5.74, 6) is -0.203. The van der Waals surface area contributed by atoms with Crippen LogP contribution >= 0.6 is 0 Å². The number of H-pyrrole nitrogens is 1. The highest BCUT2D eigenvalue weighted by molar-refractivity contribution is 7.90. The number of rotatable bonds is 8. The molecule has 0 radical (unpaired) electrons. The first-order valence-corrected chi connectivity index (χ1v) is 23.1. The molecule has 1 N–H and O–H groups in total. The molecule has 0 spiro atoms. The number of benzene rings is 3. The molecule has 10 rings (SSSR count). The first-order chi connectivity index (χ1) is 29.6. The zero-order valence-corrected chi connectivity index (χ0v) is 36.1. The molecule has 3 atom stereocenters. The van der Waals surface area contributed by atoms with Crippen molar-refractivity contribution in [1.82, 2.24) is 29.2 Å². The van der Waals surface area contributed by atoms with Gasteiger partial charge in [-0.25, -0.2) is 27.2 Å². The molecule has 6 heterocycles. The Morgan fingerprint density at radius 1 is 0.952 bits per heavy atom. The number of aryl methyl sites for hydroxylation is 2. The van der Waals surface area contributed by atoms with Gasteiger partial charge in [-0.3, -0.25) is 19.1 Å². The van der Waals surface area contributed by atoms with E-state index >= 15 is 4.79 Å². The lowest BCUT2D eigenvalue weighted by atomic mass is 9.91. The van der Waals surface area contributed by atoms with E-state index in [1.807, 2.05) is 28.5 Å². The van der Waals surface area contributed by atoms with E-state index < -0.39 is 27.2 Å². The normalized spacial score (nSPS) is 21.9. The van der Waals surface area contributed by atoms with Crippen LogP contribution in [-0.2, 0) is 26.5 Å². The van der Waals surface area contributed by atoms with Crippen LogP contribution in [-0.4, -0.2) is 82.6 Å². The number of aromatic amines is 1. The van der Waals surface area contributed by atoms with Gasteiger partial charge in [0.15, 0.2) is 15.7 Å². The van der Waals surface area contributed by atoms with Gasteiger partial charge in [-0.1, -0.05) is 30.3 Å². The summed E-state index contributed by atoms with van der Waals surface area (Å²) in [7, 11) is -3.42. The molecule has 1 aliphatic carbocycles. The third-order valence-corrected chi connectivity index (χ3v) is 14.9. The van der Waals surface area contributed by atoms with Gasteiger partial charge >= 0.3 is 5.76 Å². The molecular weight excluding hydrogens is 814 g/mol. The van der Waals surface area contributed by atoms with Gasteiger partial charge in [0.05, 0.1) is 22.3 Å². The standard InChI is InChI=1S/C46H48FN7O7S/c1-25-17-34(18-26(2)39(25)47)53-41(55)36-11-14-52(28(4)40(36)48-44(53)51-23-33(24-51)30-7-6-8-35(20-30)62(5,58)59)42(56)38-21-32-19-31(29-12-15-60-16-13-29)9-10-37(32)54(38)46(22-27(46)3)43-49-45(57)61-50-43/h6-10,17-21,27-29,33H,11-16,22-24H2,1-5H3,(H,49,50,57)/t27-,28+,46+/m1/s1. The number of halogens is 1. The van der Waals surface area contributed by atoms with Gasteiger partial charge in [0.1, 0.15) is 17.1 Å². The van der Waals surface area contributed by atoms with E-state index in [0.717, 1.165) is 29.3 Å². The molecule has 0 unspecified atom stereocenters. The van der Waals surface area contributed by atoms with Crippen molar-refractivity contribution in [3.05, 3.63) is 132 Å². The number of carbonyl (C=O) groups excluding carboxylic acids is 1. The second kappa shape index (κ2) is 14.6. The van der Waals surface area contributed by atoms with Crippen molar-refractivity contribution in [3.63, 3.8) is 0 Å². The maximum absolute atomic E-state index is 15.3. The molecular formula is C46H48FN7O7S. The summed E-state index contributed by atoms with van der Waals surface area (Å²) < 4.78 is 54.0. The molecule has 3 fully saturated rings. The number of carbonyl (C=O) groups is 1. The lowest BCUT2D eigenvalue weighted by Gasteiger charge is -2.42. The van der Waals surface area contributed by atoms with Gasteiger partial charge in [-0.2, -0.15) is 0 Å². The molecule has 16 heteroatoms. The lowest BCUT2D eigenvalue weighted by Crippen LogP contribution is -2.50. The SMILES string of the molecule is Cc1cc(-n2c(N3CC(c4cccc(S(C)(=O)=O)c4)C3)nc3c(c2=O)CCN(C(=O)c2cc4cc(C5CCOCC5)ccc4n2[C@@]2(c4noc(=O)[nH]4)C[C@H]2C)[C@H]3C)cc(C)c1F. The Labute approximate surface area is 357 Å².